The van der Waals surface area contributed by atoms with Crippen molar-refractivity contribution in [3.8, 4) is 0 Å². The van der Waals surface area contributed by atoms with Crippen LogP contribution in [0.3, 0.4) is 0 Å². The summed E-state index contributed by atoms with van der Waals surface area (Å²) >= 11 is 0. The van der Waals surface area contributed by atoms with Crippen LogP contribution in [0, 0.1) is 0 Å². The van der Waals surface area contributed by atoms with E-state index in [1.807, 2.05) is 55.8 Å². The molecule has 0 aliphatic rings. The second-order valence-corrected chi connectivity index (χ2v) is 10.2. The molecule has 2 heterocycles. The van der Waals surface area contributed by atoms with Gasteiger partial charge in [0.2, 0.25) is 15.9 Å². The third-order valence-electron chi connectivity index (χ3n) is 5.97. The molecule has 0 radical (unpaired) electrons. The van der Waals surface area contributed by atoms with Crippen LogP contribution in [0.1, 0.15) is 31.7 Å². The summed E-state index contributed by atoms with van der Waals surface area (Å²) in [5, 5.41) is 7.19. The highest BCUT2D eigenvalue weighted by Gasteiger charge is 2.22. The molecule has 4 aromatic rings. The first-order valence-corrected chi connectivity index (χ1v) is 13.1. The number of nitrogens with zero attached hydrogens (tertiary/aromatic N) is 5. The Kier molecular flexibility index (Phi) is 7.32. The number of benzene rings is 2. The number of amides is 1. The zero-order valence-corrected chi connectivity index (χ0v) is 21.0. The lowest BCUT2D eigenvalue weighted by molar-refractivity contribution is -0.116. The number of carbonyl (C=O) groups excluding carboxylic acids is 1. The van der Waals surface area contributed by atoms with Gasteiger partial charge in [0.15, 0.2) is 0 Å². The molecule has 4 rings (SSSR count). The molecule has 184 valence electrons. The molecule has 2 aromatic carbocycles. The van der Waals surface area contributed by atoms with Gasteiger partial charge in [0.05, 0.1) is 34.4 Å². The maximum absolute atomic E-state index is 12.9. The number of imidazole rings is 1. The molecule has 0 unspecified atom stereocenters. The summed E-state index contributed by atoms with van der Waals surface area (Å²) in [6.45, 7) is 5.08. The number of rotatable bonds is 10. The molecule has 9 nitrogen and oxygen atoms in total. The van der Waals surface area contributed by atoms with Crippen molar-refractivity contribution in [3.05, 3.63) is 72.3 Å². The van der Waals surface area contributed by atoms with Gasteiger partial charge in [-0.15, -0.1) is 0 Å². The van der Waals surface area contributed by atoms with Gasteiger partial charge in [0.1, 0.15) is 5.82 Å². The van der Waals surface area contributed by atoms with Gasteiger partial charge in [-0.25, -0.2) is 13.4 Å². The average molecular weight is 495 g/mol. The molecule has 0 aliphatic carbocycles. The van der Waals surface area contributed by atoms with E-state index < -0.39 is 10.0 Å². The van der Waals surface area contributed by atoms with Crippen LogP contribution in [-0.2, 0) is 34.8 Å². The van der Waals surface area contributed by atoms with E-state index >= 15 is 0 Å². The van der Waals surface area contributed by atoms with Crippen LogP contribution in [0.5, 0.6) is 0 Å². The normalized spacial score (nSPS) is 11.9. The van der Waals surface area contributed by atoms with Crippen LogP contribution in [0.15, 0.2) is 65.8 Å². The van der Waals surface area contributed by atoms with Crippen LogP contribution in [-0.4, -0.2) is 51.1 Å². The van der Waals surface area contributed by atoms with Gasteiger partial charge in [-0.1, -0.05) is 44.2 Å². The largest absolute Gasteiger partial charge is 0.331 e. The van der Waals surface area contributed by atoms with E-state index in [0.29, 0.717) is 43.1 Å². The zero-order valence-electron chi connectivity index (χ0n) is 20.2. The molecule has 0 fully saturated rings. The predicted molar refractivity (Wildman–Crippen MR) is 136 cm³/mol. The van der Waals surface area contributed by atoms with E-state index in [0.717, 1.165) is 11.1 Å². The predicted octanol–water partition coefficient (Wildman–Crippen LogP) is 3.42. The molecule has 0 aliphatic heterocycles. The number of hydrogen-bond donors (Lipinski definition) is 1. The van der Waals surface area contributed by atoms with E-state index in [9.17, 15) is 13.2 Å². The van der Waals surface area contributed by atoms with E-state index in [-0.39, 0.29) is 17.2 Å². The molecular formula is C25H30N6O3S. The summed E-state index contributed by atoms with van der Waals surface area (Å²) in [6, 6.07) is 15.0. The van der Waals surface area contributed by atoms with Crippen LogP contribution in [0.4, 0.5) is 5.69 Å². The SMILES string of the molecule is CCN(CC)S(=O)(=O)c1ccc2c(c1)nc(CCC(=O)Nc1cnn(Cc3ccccc3)c1)n2C. The lowest BCUT2D eigenvalue weighted by Gasteiger charge is -2.18. The van der Waals surface area contributed by atoms with Gasteiger partial charge < -0.3 is 9.88 Å². The van der Waals surface area contributed by atoms with Gasteiger partial charge in [-0.05, 0) is 23.8 Å². The van der Waals surface area contributed by atoms with Crippen molar-refractivity contribution >= 4 is 32.7 Å². The Morgan fingerprint density at radius 1 is 1.09 bits per heavy atom. The van der Waals surface area contributed by atoms with E-state index in [4.69, 9.17) is 0 Å². The zero-order chi connectivity index (χ0) is 25.0. The molecule has 10 heteroatoms. The number of aryl methyl sites for hydroxylation is 2. The quantitative estimate of drug-likeness (QED) is 0.364. The first kappa shape index (κ1) is 24.6. The number of hydrogen-bond acceptors (Lipinski definition) is 5. The van der Waals surface area contributed by atoms with Crippen molar-refractivity contribution in [2.75, 3.05) is 18.4 Å². The number of carbonyl (C=O) groups is 1. The molecule has 2 aromatic heterocycles. The lowest BCUT2D eigenvalue weighted by Crippen LogP contribution is -2.30. The minimum Gasteiger partial charge on any atom is -0.331 e. The molecule has 1 N–H and O–H groups in total. The maximum atomic E-state index is 12.9. The fourth-order valence-corrected chi connectivity index (χ4v) is 5.54. The summed E-state index contributed by atoms with van der Waals surface area (Å²) in [6.07, 6.45) is 4.10. The lowest BCUT2D eigenvalue weighted by atomic mass is 10.2. The van der Waals surface area contributed by atoms with Gasteiger partial charge in [-0.3, -0.25) is 9.48 Å². The number of aromatic nitrogens is 4. The summed E-state index contributed by atoms with van der Waals surface area (Å²) in [4.78, 5) is 17.4. The molecule has 0 spiro atoms. The summed E-state index contributed by atoms with van der Waals surface area (Å²) in [5.74, 6) is 0.577. The molecular weight excluding hydrogens is 464 g/mol. The van der Waals surface area contributed by atoms with Crippen molar-refractivity contribution in [1.29, 1.82) is 0 Å². The summed E-state index contributed by atoms with van der Waals surface area (Å²) < 4.78 is 30.8. The van der Waals surface area contributed by atoms with Crippen molar-refractivity contribution in [1.82, 2.24) is 23.6 Å². The highest BCUT2D eigenvalue weighted by Crippen LogP contribution is 2.23. The summed E-state index contributed by atoms with van der Waals surface area (Å²) in [5.41, 5.74) is 3.19. The number of sulfonamides is 1. The van der Waals surface area contributed by atoms with Gasteiger partial charge in [0, 0.05) is 39.2 Å². The Bertz CT molecular complexity index is 1420. The summed E-state index contributed by atoms with van der Waals surface area (Å²) in [7, 11) is -1.69. The first-order chi connectivity index (χ1) is 16.8. The van der Waals surface area contributed by atoms with E-state index in [1.165, 1.54) is 4.31 Å². The topological polar surface area (TPSA) is 102 Å². The Labute approximate surface area is 205 Å². The fourth-order valence-electron chi connectivity index (χ4n) is 4.06. The Morgan fingerprint density at radius 2 is 1.83 bits per heavy atom. The van der Waals surface area contributed by atoms with Crippen molar-refractivity contribution < 1.29 is 13.2 Å². The molecule has 0 saturated carbocycles. The second-order valence-electron chi connectivity index (χ2n) is 8.29. The number of fused-ring (bicyclic) bond motifs is 1. The molecule has 0 saturated heterocycles. The second kappa shape index (κ2) is 10.4. The van der Waals surface area contributed by atoms with Crippen LogP contribution in [0.25, 0.3) is 11.0 Å². The number of nitrogens with one attached hydrogen (secondary N) is 1. The van der Waals surface area contributed by atoms with Crippen LogP contribution in [0.2, 0.25) is 0 Å². The number of anilines is 1. The average Bonchev–Trinajstić information content (AvgIpc) is 3.42. The molecule has 35 heavy (non-hydrogen) atoms. The highest BCUT2D eigenvalue weighted by molar-refractivity contribution is 7.89. The van der Waals surface area contributed by atoms with Gasteiger partial charge in [-0.2, -0.15) is 9.40 Å². The van der Waals surface area contributed by atoms with Gasteiger partial charge in [0.25, 0.3) is 0 Å². The Hall–Kier alpha value is -3.50. The Balaban J connectivity index is 1.41. The molecule has 1 amide bonds. The third-order valence-corrected chi connectivity index (χ3v) is 8.01. The van der Waals surface area contributed by atoms with Crippen molar-refractivity contribution in [2.45, 2.75) is 38.1 Å². The fraction of sp³-hybridized carbons (Fsp3) is 0.320. The first-order valence-electron chi connectivity index (χ1n) is 11.6. The molecule has 0 atom stereocenters. The van der Waals surface area contributed by atoms with E-state index in [1.54, 1.807) is 35.3 Å². The van der Waals surface area contributed by atoms with Crippen LogP contribution < -0.4 is 5.32 Å². The van der Waals surface area contributed by atoms with Crippen LogP contribution >= 0.6 is 0 Å². The smallest absolute Gasteiger partial charge is 0.243 e. The third kappa shape index (κ3) is 5.44. The molecule has 0 bridgehead atoms. The monoisotopic (exact) mass is 494 g/mol. The minimum atomic E-state index is -3.56. The van der Waals surface area contributed by atoms with Gasteiger partial charge >= 0.3 is 0 Å². The maximum Gasteiger partial charge on any atom is 0.243 e. The van der Waals surface area contributed by atoms with E-state index in [2.05, 4.69) is 15.4 Å². The Morgan fingerprint density at radius 3 is 2.54 bits per heavy atom. The van der Waals surface area contributed by atoms with Crippen molar-refractivity contribution in [2.24, 2.45) is 7.05 Å². The highest BCUT2D eigenvalue weighted by atomic mass is 32.2. The van der Waals surface area contributed by atoms with Crippen molar-refractivity contribution in [3.63, 3.8) is 0 Å². The standard InChI is InChI=1S/C25H30N6O3S/c1-4-31(5-2)35(33,34)21-11-12-23-22(15-21)28-24(29(23)3)13-14-25(32)27-20-16-26-30(18-20)17-19-9-7-6-8-10-19/h6-12,15-16,18H,4-5,13-14,17H2,1-3H3,(H,27,32). The minimum absolute atomic E-state index is 0.138.